The Morgan fingerprint density at radius 1 is 1.50 bits per heavy atom. The molecular weight excluding hydrogens is 186 g/mol. The van der Waals surface area contributed by atoms with Crippen LogP contribution in [-0.2, 0) is 4.74 Å². The maximum Gasteiger partial charge on any atom is 0.341 e. The van der Waals surface area contributed by atoms with Crippen molar-refractivity contribution in [3.8, 4) is 17.6 Å². The molecule has 5 nitrogen and oxygen atoms in total. The smallest absolute Gasteiger partial charge is 0.341 e. The first-order valence-electron chi connectivity index (χ1n) is 3.64. The molecule has 0 saturated carbocycles. The third-order valence-corrected chi connectivity index (χ3v) is 1.62. The molecule has 0 aliphatic carbocycles. The zero-order valence-corrected chi connectivity index (χ0v) is 7.31. The molecule has 0 heterocycles. The summed E-state index contributed by atoms with van der Waals surface area (Å²) in [6, 6.07) is 3.72. The van der Waals surface area contributed by atoms with Gasteiger partial charge >= 0.3 is 5.97 Å². The van der Waals surface area contributed by atoms with Crippen LogP contribution in [0.15, 0.2) is 12.1 Å². The van der Waals surface area contributed by atoms with Gasteiger partial charge in [-0.2, -0.15) is 5.26 Å². The molecule has 0 saturated heterocycles. The fourth-order valence-corrected chi connectivity index (χ4v) is 0.970. The number of rotatable bonds is 1. The fourth-order valence-electron chi connectivity index (χ4n) is 0.970. The number of esters is 1. The highest BCUT2D eigenvalue weighted by Crippen LogP contribution is 2.27. The maximum absolute atomic E-state index is 11.1. The second-order valence-corrected chi connectivity index (χ2v) is 2.49. The summed E-state index contributed by atoms with van der Waals surface area (Å²) in [5, 5.41) is 27.1. The molecule has 0 unspecified atom stereocenters. The number of hydrogen-bond acceptors (Lipinski definition) is 5. The number of nitriles is 1. The number of carbonyl (C=O) groups excluding carboxylic acids is 1. The average molecular weight is 193 g/mol. The summed E-state index contributed by atoms with van der Waals surface area (Å²) in [4.78, 5) is 11.1. The lowest BCUT2D eigenvalue weighted by Gasteiger charge is -2.04. The van der Waals surface area contributed by atoms with Crippen LogP contribution in [0.25, 0.3) is 0 Å². The molecule has 0 bridgehead atoms. The zero-order valence-electron chi connectivity index (χ0n) is 7.31. The first-order valence-corrected chi connectivity index (χ1v) is 3.64. The van der Waals surface area contributed by atoms with Crippen LogP contribution in [0.1, 0.15) is 15.9 Å². The standard InChI is InChI=1S/C9H7NO4/c1-14-9(13)7-3-6(11)2-5(4-10)8(7)12/h2-3,11-12H,1H3. The number of carbonyl (C=O) groups is 1. The van der Waals surface area contributed by atoms with Crippen LogP contribution in [-0.4, -0.2) is 23.3 Å². The number of methoxy groups -OCH3 is 1. The summed E-state index contributed by atoms with van der Waals surface area (Å²) >= 11 is 0. The van der Waals surface area contributed by atoms with Gasteiger partial charge in [-0.05, 0) is 6.07 Å². The largest absolute Gasteiger partial charge is 0.508 e. The van der Waals surface area contributed by atoms with Crippen molar-refractivity contribution >= 4 is 5.97 Å². The lowest BCUT2D eigenvalue weighted by molar-refractivity contribution is 0.0597. The Morgan fingerprint density at radius 2 is 2.14 bits per heavy atom. The molecule has 72 valence electrons. The summed E-state index contributed by atoms with van der Waals surface area (Å²) in [5.41, 5.74) is -0.408. The van der Waals surface area contributed by atoms with E-state index in [0.29, 0.717) is 0 Å². The lowest BCUT2D eigenvalue weighted by atomic mass is 10.1. The van der Waals surface area contributed by atoms with E-state index < -0.39 is 11.7 Å². The molecule has 2 N–H and O–H groups in total. The van der Waals surface area contributed by atoms with Crippen LogP contribution in [0, 0.1) is 11.3 Å². The van der Waals surface area contributed by atoms with Gasteiger partial charge in [0.15, 0.2) is 0 Å². The summed E-state index contributed by atoms with van der Waals surface area (Å²) in [7, 11) is 1.14. The van der Waals surface area contributed by atoms with Gasteiger partial charge in [0.2, 0.25) is 0 Å². The number of phenols is 2. The molecule has 0 aliphatic rings. The van der Waals surface area contributed by atoms with Gasteiger partial charge in [0.25, 0.3) is 0 Å². The van der Waals surface area contributed by atoms with Crippen molar-refractivity contribution in [2.24, 2.45) is 0 Å². The normalized spacial score (nSPS) is 9.14. The van der Waals surface area contributed by atoms with Gasteiger partial charge in [0.1, 0.15) is 23.1 Å². The number of phenolic OH excluding ortho intramolecular Hbond substituents is 2. The molecule has 14 heavy (non-hydrogen) atoms. The minimum atomic E-state index is -0.810. The van der Waals surface area contributed by atoms with E-state index in [9.17, 15) is 9.90 Å². The summed E-state index contributed by atoms with van der Waals surface area (Å²) in [5.74, 6) is -1.58. The van der Waals surface area contributed by atoms with E-state index in [-0.39, 0.29) is 16.9 Å². The van der Waals surface area contributed by atoms with Crippen molar-refractivity contribution < 1.29 is 19.7 Å². The molecule has 1 rings (SSSR count). The van der Waals surface area contributed by atoms with Crippen LogP contribution in [0.3, 0.4) is 0 Å². The van der Waals surface area contributed by atoms with Gasteiger partial charge in [0.05, 0.1) is 12.7 Å². The highest BCUT2D eigenvalue weighted by molar-refractivity contribution is 5.93. The van der Waals surface area contributed by atoms with E-state index in [1.807, 2.05) is 0 Å². The highest BCUT2D eigenvalue weighted by atomic mass is 16.5. The molecule has 0 atom stereocenters. The van der Waals surface area contributed by atoms with Gasteiger partial charge in [-0.15, -0.1) is 0 Å². The van der Waals surface area contributed by atoms with E-state index in [1.165, 1.54) is 0 Å². The minimum absolute atomic E-state index is 0.176. The second kappa shape index (κ2) is 3.66. The zero-order chi connectivity index (χ0) is 10.7. The Bertz CT molecular complexity index is 420. The Hall–Kier alpha value is -2.22. The summed E-state index contributed by atoms with van der Waals surface area (Å²) in [6.45, 7) is 0. The molecular formula is C9H7NO4. The quantitative estimate of drug-likeness (QED) is 0.507. The Kier molecular flexibility index (Phi) is 2.58. The molecule has 0 amide bonds. The van der Waals surface area contributed by atoms with Crippen LogP contribution < -0.4 is 0 Å². The van der Waals surface area contributed by atoms with Crippen molar-refractivity contribution in [2.45, 2.75) is 0 Å². The fraction of sp³-hybridized carbons (Fsp3) is 0.111. The van der Waals surface area contributed by atoms with Crippen molar-refractivity contribution in [1.29, 1.82) is 5.26 Å². The third-order valence-electron chi connectivity index (χ3n) is 1.62. The first-order chi connectivity index (χ1) is 6.60. The van der Waals surface area contributed by atoms with Gasteiger partial charge in [-0.3, -0.25) is 0 Å². The number of ether oxygens (including phenoxy) is 1. The van der Waals surface area contributed by atoms with Crippen molar-refractivity contribution in [3.05, 3.63) is 23.3 Å². The van der Waals surface area contributed by atoms with Gasteiger partial charge in [-0.1, -0.05) is 0 Å². The lowest BCUT2D eigenvalue weighted by Crippen LogP contribution is -2.02. The molecule has 0 radical (unpaired) electrons. The first kappa shape index (κ1) is 9.86. The number of benzene rings is 1. The van der Waals surface area contributed by atoms with Crippen LogP contribution in [0.4, 0.5) is 0 Å². The van der Waals surface area contributed by atoms with Crippen LogP contribution in [0.2, 0.25) is 0 Å². The SMILES string of the molecule is COC(=O)c1cc(O)cc(C#N)c1O. The van der Waals surface area contributed by atoms with E-state index in [0.717, 1.165) is 19.2 Å². The minimum Gasteiger partial charge on any atom is -0.508 e. The predicted octanol–water partition coefficient (Wildman–Crippen LogP) is 0.756. The summed E-state index contributed by atoms with van der Waals surface area (Å²) in [6.07, 6.45) is 0. The van der Waals surface area contributed by atoms with Gasteiger partial charge in [-0.25, -0.2) is 4.79 Å². The number of nitrogens with zero attached hydrogens (tertiary/aromatic N) is 1. The monoisotopic (exact) mass is 193 g/mol. The third kappa shape index (κ3) is 1.59. The van der Waals surface area contributed by atoms with Crippen LogP contribution >= 0.6 is 0 Å². The van der Waals surface area contributed by atoms with Crippen LogP contribution in [0.5, 0.6) is 11.5 Å². The van der Waals surface area contributed by atoms with Crippen molar-refractivity contribution in [2.75, 3.05) is 7.11 Å². The maximum atomic E-state index is 11.1. The highest BCUT2D eigenvalue weighted by Gasteiger charge is 2.16. The topological polar surface area (TPSA) is 90.5 Å². The molecule has 0 spiro atoms. The van der Waals surface area contributed by atoms with Gasteiger partial charge < -0.3 is 14.9 Å². The van der Waals surface area contributed by atoms with Crippen molar-refractivity contribution in [3.63, 3.8) is 0 Å². The van der Waals surface area contributed by atoms with E-state index in [2.05, 4.69) is 4.74 Å². The molecule has 1 aromatic rings. The van der Waals surface area contributed by atoms with E-state index in [1.54, 1.807) is 6.07 Å². The molecule has 0 aliphatic heterocycles. The average Bonchev–Trinajstić information content (AvgIpc) is 2.19. The van der Waals surface area contributed by atoms with Gasteiger partial charge in [0, 0.05) is 6.07 Å². The molecule has 0 fully saturated rings. The Labute approximate surface area is 79.8 Å². The summed E-state index contributed by atoms with van der Waals surface area (Å²) < 4.78 is 4.35. The second-order valence-electron chi connectivity index (χ2n) is 2.49. The van der Waals surface area contributed by atoms with E-state index >= 15 is 0 Å². The van der Waals surface area contributed by atoms with Crippen molar-refractivity contribution in [1.82, 2.24) is 0 Å². The number of hydrogen-bond donors (Lipinski definition) is 2. The Morgan fingerprint density at radius 3 is 2.64 bits per heavy atom. The van der Waals surface area contributed by atoms with E-state index in [4.69, 9.17) is 10.4 Å². The molecule has 0 aromatic heterocycles. The molecule has 1 aromatic carbocycles. The Balaban J connectivity index is 3.38. The number of aromatic hydroxyl groups is 2. The predicted molar refractivity (Wildman–Crippen MR) is 45.8 cm³/mol. The molecule has 5 heteroatoms.